The van der Waals surface area contributed by atoms with Crippen LogP contribution in [0.5, 0.6) is 0 Å². The lowest BCUT2D eigenvalue weighted by atomic mass is 10.1. The second kappa shape index (κ2) is 6.06. The molecule has 1 aliphatic rings. The van der Waals surface area contributed by atoms with Gasteiger partial charge in [-0.15, -0.1) is 0 Å². The summed E-state index contributed by atoms with van der Waals surface area (Å²) in [5.74, 6) is -0.361. The molecule has 5 nitrogen and oxygen atoms in total. The van der Waals surface area contributed by atoms with Gasteiger partial charge in [0.2, 0.25) is 5.91 Å². The Balaban J connectivity index is 2.13. The van der Waals surface area contributed by atoms with Crippen LogP contribution in [0.15, 0.2) is 24.4 Å². The number of aromatic nitrogens is 1. The molecule has 0 radical (unpaired) electrons. The Kier molecular flexibility index (Phi) is 4.42. The van der Waals surface area contributed by atoms with E-state index in [0.717, 1.165) is 0 Å². The van der Waals surface area contributed by atoms with Crippen molar-refractivity contribution < 1.29 is 14.7 Å². The smallest absolute Gasteiger partial charge is 0.326 e. The van der Waals surface area contributed by atoms with Gasteiger partial charge >= 0.3 is 5.97 Å². The maximum atomic E-state index is 11.9. The molecule has 102 valence electrons. The summed E-state index contributed by atoms with van der Waals surface area (Å²) in [7, 11) is 0. The van der Waals surface area contributed by atoms with Crippen LogP contribution in [-0.4, -0.2) is 45.2 Å². The average molecular weight is 280 g/mol. The maximum Gasteiger partial charge on any atom is 0.326 e. The molecule has 2 rings (SSSR count). The number of carboxylic acid groups (broad SMARTS) is 1. The van der Waals surface area contributed by atoms with E-state index in [4.69, 9.17) is 0 Å². The number of amides is 1. The van der Waals surface area contributed by atoms with E-state index >= 15 is 0 Å². The zero-order valence-corrected chi connectivity index (χ0v) is 11.3. The fourth-order valence-corrected chi connectivity index (χ4v) is 2.52. The SMILES string of the molecule is O=C(O)[C@H](Cc1ccccn1)N1CC(CS)CC1=O. The summed E-state index contributed by atoms with van der Waals surface area (Å²) in [6, 6.07) is 4.51. The van der Waals surface area contributed by atoms with Crippen LogP contribution in [-0.2, 0) is 16.0 Å². The molecule has 1 N–H and O–H groups in total. The van der Waals surface area contributed by atoms with Crippen molar-refractivity contribution in [1.82, 2.24) is 9.88 Å². The summed E-state index contributed by atoms with van der Waals surface area (Å²) < 4.78 is 0. The Bertz CT molecular complexity index is 466. The maximum absolute atomic E-state index is 11.9. The molecule has 1 amide bonds. The minimum Gasteiger partial charge on any atom is -0.480 e. The van der Waals surface area contributed by atoms with Gasteiger partial charge in [0, 0.05) is 31.3 Å². The molecule has 19 heavy (non-hydrogen) atoms. The predicted molar refractivity (Wildman–Crippen MR) is 73.0 cm³/mol. The first-order valence-electron chi connectivity index (χ1n) is 6.15. The number of carboxylic acids is 1. The Hall–Kier alpha value is -1.56. The van der Waals surface area contributed by atoms with Crippen LogP contribution in [0.2, 0.25) is 0 Å². The molecule has 1 saturated heterocycles. The number of carbonyl (C=O) groups excluding carboxylic acids is 1. The highest BCUT2D eigenvalue weighted by Crippen LogP contribution is 2.22. The molecule has 2 heterocycles. The van der Waals surface area contributed by atoms with Crippen LogP contribution in [0.3, 0.4) is 0 Å². The Morgan fingerprint density at radius 3 is 2.89 bits per heavy atom. The fraction of sp³-hybridized carbons (Fsp3) is 0.462. The third-order valence-electron chi connectivity index (χ3n) is 3.29. The lowest BCUT2D eigenvalue weighted by Crippen LogP contribution is -2.44. The highest BCUT2D eigenvalue weighted by Gasteiger charge is 2.37. The monoisotopic (exact) mass is 280 g/mol. The molecule has 1 aromatic rings. The van der Waals surface area contributed by atoms with Crippen molar-refractivity contribution in [3.63, 3.8) is 0 Å². The lowest BCUT2D eigenvalue weighted by Gasteiger charge is -2.24. The number of hydrogen-bond acceptors (Lipinski definition) is 4. The van der Waals surface area contributed by atoms with Crippen molar-refractivity contribution in [3.05, 3.63) is 30.1 Å². The van der Waals surface area contributed by atoms with Crippen LogP contribution in [0.1, 0.15) is 12.1 Å². The third-order valence-corrected chi connectivity index (χ3v) is 3.80. The minimum absolute atomic E-state index is 0.109. The third kappa shape index (κ3) is 3.26. The van der Waals surface area contributed by atoms with E-state index in [2.05, 4.69) is 17.6 Å². The van der Waals surface area contributed by atoms with Crippen molar-refractivity contribution in [1.29, 1.82) is 0 Å². The number of hydrogen-bond donors (Lipinski definition) is 2. The van der Waals surface area contributed by atoms with Crippen molar-refractivity contribution >= 4 is 24.5 Å². The molecular weight excluding hydrogens is 264 g/mol. The molecule has 1 aliphatic heterocycles. The van der Waals surface area contributed by atoms with E-state index in [-0.39, 0.29) is 18.2 Å². The van der Waals surface area contributed by atoms with Crippen LogP contribution in [0, 0.1) is 5.92 Å². The number of pyridine rings is 1. The summed E-state index contributed by atoms with van der Waals surface area (Å²) in [5, 5.41) is 9.33. The minimum atomic E-state index is -0.987. The summed E-state index contributed by atoms with van der Waals surface area (Å²) in [5.41, 5.74) is 0.678. The van der Waals surface area contributed by atoms with Crippen LogP contribution < -0.4 is 0 Å². The van der Waals surface area contributed by atoms with Crippen molar-refractivity contribution in [2.45, 2.75) is 18.9 Å². The van der Waals surface area contributed by atoms with Crippen molar-refractivity contribution in [3.8, 4) is 0 Å². The molecule has 1 aromatic heterocycles. The molecule has 0 aliphatic carbocycles. The summed E-state index contributed by atoms with van der Waals surface area (Å²) in [6.45, 7) is 0.464. The lowest BCUT2D eigenvalue weighted by molar-refractivity contribution is -0.148. The van der Waals surface area contributed by atoms with Gasteiger partial charge in [-0.1, -0.05) is 6.07 Å². The summed E-state index contributed by atoms with van der Waals surface area (Å²) >= 11 is 4.18. The van der Waals surface area contributed by atoms with E-state index in [1.165, 1.54) is 4.90 Å². The number of nitrogens with zero attached hydrogens (tertiary/aromatic N) is 2. The highest BCUT2D eigenvalue weighted by molar-refractivity contribution is 7.80. The number of carbonyl (C=O) groups is 2. The number of thiol groups is 1. The number of rotatable bonds is 5. The van der Waals surface area contributed by atoms with Gasteiger partial charge in [-0.05, 0) is 23.8 Å². The Labute approximate surface area is 117 Å². The molecular formula is C13H16N2O3S. The largest absolute Gasteiger partial charge is 0.480 e. The van der Waals surface area contributed by atoms with Crippen molar-refractivity contribution in [2.24, 2.45) is 5.92 Å². The highest BCUT2D eigenvalue weighted by atomic mass is 32.1. The average Bonchev–Trinajstić information content (AvgIpc) is 2.78. The van der Waals surface area contributed by atoms with Crippen LogP contribution in [0.25, 0.3) is 0 Å². The molecule has 0 aromatic carbocycles. The van der Waals surface area contributed by atoms with E-state index in [0.29, 0.717) is 24.4 Å². The topological polar surface area (TPSA) is 70.5 Å². The van der Waals surface area contributed by atoms with Gasteiger partial charge in [0.15, 0.2) is 0 Å². The Morgan fingerprint density at radius 2 is 2.37 bits per heavy atom. The predicted octanol–water partition coefficient (Wildman–Crippen LogP) is 0.856. The second-order valence-electron chi connectivity index (χ2n) is 4.68. The summed E-state index contributed by atoms with van der Waals surface area (Å²) in [4.78, 5) is 28.8. The van der Waals surface area contributed by atoms with Crippen LogP contribution in [0.4, 0.5) is 0 Å². The van der Waals surface area contributed by atoms with Crippen molar-refractivity contribution in [2.75, 3.05) is 12.3 Å². The van der Waals surface area contributed by atoms with E-state index in [1.54, 1.807) is 18.3 Å². The first-order chi connectivity index (χ1) is 9.11. The molecule has 0 bridgehead atoms. The number of likely N-dealkylation sites (tertiary alicyclic amines) is 1. The fourth-order valence-electron chi connectivity index (χ4n) is 2.28. The quantitative estimate of drug-likeness (QED) is 0.785. The molecule has 0 spiro atoms. The van der Waals surface area contributed by atoms with Gasteiger partial charge in [0.05, 0.1) is 0 Å². The zero-order chi connectivity index (χ0) is 13.8. The normalized spacial score (nSPS) is 20.6. The second-order valence-corrected chi connectivity index (χ2v) is 5.04. The van der Waals surface area contributed by atoms with E-state index < -0.39 is 12.0 Å². The first-order valence-corrected chi connectivity index (χ1v) is 6.78. The molecule has 1 fully saturated rings. The van der Waals surface area contributed by atoms with E-state index in [1.807, 2.05) is 6.07 Å². The standard InChI is InChI=1S/C13H16N2O3S/c16-12-5-9(8-19)7-15(12)11(13(17)18)6-10-3-1-2-4-14-10/h1-4,9,11,19H,5-8H2,(H,17,18)/t9?,11-/m0/s1. The first kappa shape index (κ1) is 13.9. The molecule has 1 unspecified atom stereocenters. The Morgan fingerprint density at radius 1 is 1.58 bits per heavy atom. The zero-order valence-electron chi connectivity index (χ0n) is 10.4. The van der Waals surface area contributed by atoms with Gasteiger partial charge in [-0.3, -0.25) is 9.78 Å². The van der Waals surface area contributed by atoms with E-state index in [9.17, 15) is 14.7 Å². The van der Waals surface area contributed by atoms with Gasteiger partial charge in [-0.25, -0.2) is 4.79 Å². The molecule has 6 heteroatoms. The summed E-state index contributed by atoms with van der Waals surface area (Å²) in [6.07, 6.45) is 2.24. The van der Waals surface area contributed by atoms with Gasteiger partial charge < -0.3 is 10.0 Å². The van der Waals surface area contributed by atoms with Gasteiger partial charge in [0.25, 0.3) is 0 Å². The van der Waals surface area contributed by atoms with Crippen LogP contribution >= 0.6 is 12.6 Å². The number of aliphatic carboxylic acids is 1. The van der Waals surface area contributed by atoms with Gasteiger partial charge in [0.1, 0.15) is 6.04 Å². The molecule has 2 atom stereocenters. The molecule has 0 saturated carbocycles. The van der Waals surface area contributed by atoms with Gasteiger partial charge in [-0.2, -0.15) is 12.6 Å².